The second-order valence-electron chi connectivity index (χ2n) is 4.37. The smallest absolute Gasteiger partial charge is 0.329 e. The van der Waals surface area contributed by atoms with Crippen molar-refractivity contribution in [1.29, 1.82) is 0 Å². The fraction of sp³-hybridized carbons (Fsp3) is 0.818. The van der Waals surface area contributed by atoms with Crippen LogP contribution in [-0.2, 0) is 9.59 Å². The molecule has 1 aliphatic heterocycles. The number of aliphatic carboxylic acids is 1. The van der Waals surface area contributed by atoms with Crippen molar-refractivity contribution in [3.8, 4) is 0 Å². The van der Waals surface area contributed by atoms with Crippen LogP contribution in [0.25, 0.3) is 0 Å². The van der Waals surface area contributed by atoms with Gasteiger partial charge in [-0.15, -0.1) is 0 Å². The number of hydrogen-bond acceptors (Lipinski definition) is 3. The molecule has 0 saturated carbocycles. The molecule has 0 spiro atoms. The molecule has 0 aliphatic carbocycles. The van der Waals surface area contributed by atoms with E-state index < -0.39 is 11.5 Å². The van der Waals surface area contributed by atoms with Crippen molar-refractivity contribution in [2.75, 3.05) is 11.5 Å². The number of carbonyl (C=O) groups excluding carboxylic acids is 1. The van der Waals surface area contributed by atoms with Gasteiger partial charge >= 0.3 is 5.97 Å². The highest BCUT2D eigenvalue weighted by Crippen LogP contribution is 2.23. The largest absolute Gasteiger partial charge is 0.480 e. The van der Waals surface area contributed by atoms with Gasteiger partial charge < -0.3 is 10.4 Å². The summed E-state index contributed by atoms with van der Waals surface area (Å²) in [5.74, 6) is 0.911. The normalized spacial score (nSPS) is 21.1. The first-order chi connectivity index (χ1) is 7.49. The molecule has 1 saturated heterocycles. The highest BCUT2D eigenvalue weighted by molar-refractivity contribution is 7.99. The van der Waals surface area contributed by atoms with Gasteiger partial charge in [-0.1, -0.05) is 6.92 Å². The first kappa shape index (κ1) is 13.4. The third-order valence-electron chi connectivity index (χ3n) is 3.17. The predicted molar refractivity (Wildman–Crippen MR) is 64.5 cm³/mol. The molecule has 1 fully saturated rings. The number of carboxylic acids is 1. The summed E-state index contributed by atoms with van der Waals surface area (Å²) in [4.78, 5) is 22.9. The monoisotopic (exact) mass is 245 g/mol. The quantitative estimate of drug-likeness (QED) is 0.787. The molecule has 92 valence electrons. The summed E-state index contributed by atoms with van der Waals surface area (Å²) in [5.41, 5.74) is -1.12. The molecule has 1 atom stereocenters. The molecule has 2 N–H and O–H groups in total. The Kier molecular flexibility index (Phi) is 4.65. The van der Waals surface area contributed by atoms with E-state index >= 15 is 0 Å². The second-order valence-corrected chi connectivity index (χ2v) is 5.59. The highest BCUT2D eigenvalue weighted by Gasteiger charge is 2.35. The molecule has 0 aromatic carbocycles. The third-order valence-corrected chi connectivity index (χ3v) is 4.22. The summed E-state index contributed by atoms with van der Waals surface area (Å²) in [6, 6.07) is 0. The molecule has 16 heavy (non-hydrogen) atoms. The highest BCUT2D eigenvalue weighted by atomic mass is 32.2. The van der Waals surface area contributed by atoms with Crippen molar-refractivity contribution >= 4 is 23.6 Å². The van der Waals surface area contributed by atoms with Crippen molar-refractivity contribution in [3.05, 3.63) is 0 Å². The van der Waals surface area contributed by atoms with Crippen molar-refractivity contribution in [3.63, 3.8) is 0 Å². The molecule has 1 rings (SSSR count). The number of carbonyl (C=O) groups is 2. The minimum atomic E-state index is -1.12. The summed E-state index contributed by atoms with van der Waals surface area (Å²) >= 11 is 1.85. The Bertz CT molecular complexity index is 276. The molecule has 4 nitrogen and oxygen atoms in total. The Morgan fingerprint density at radius 3 is 2.44 bits per heavy atom. The number of hydrogen-bond donors (Lipinski definition) is 2. The molecule has 5 heteroatoms. The van der Waals surface area contributed by atoms with Gasteiger partial charge in [-0.05, 0) is 37.7 Å². The van der Waals surface area contributed by atoms with Gasteiger partial charge in [-0.3, -0.25) is 4.79 Å². The molecule has 1 aliphatic rings. The molecule has 0 aromatic rings. The average molecular weight is 245 g/mol. The van der Waals surface area contributed by atoms with Gasteiger partial charge in [0.25, 0.3) is 0 Å². The fourth-order valence-corrected chi connectivity index (χ4v) is 2.73. The van der Waals surface area contributed by atoms with E-state index in [1.807, 2.05) is 11.8 Å². The lowest BCUT2D eigenvalue weighted by Gasteiger charge is -2.28. The first-order valence-electron chi connectivity index (χ1n) is 5.63. The lowest BCUT2D eigenvalue weighted by atomic mass is 9.95. The molecule has 1 unspecified atom stereocenters. The van der Waals surface area contributed by atoms with Gasteiger partial charge in [0.2, 0.25) is 5.91 Å². The van der Waals surface area contributed by atoms with Gasteiger partial charge in [-0.25, -0.2) is 4.79 Å². The lowest BCUT2D eigenvalue weighted by molar-refractivity contribution is -0.147. The minimum Gasteiger partial charge on any atom is -0.480 e. The maximum absolute atomic E-state index is 11.9. The molecule has 0 radical (unpaired) electrons. The van der Waals surface area contributed by atoms with Gasteiger partial charge in [-0.2, -0.15) is 11.8 Å². The Morgan fingerprint density at radius 2 is 2.00 bits per heavy atom. The van der Waals surface area contributed by atoms with Crippen molar-refractivity contribution in [1.82, 2.24) is 5.32 Å². The van der Waals surface area contributed by atoms with E-state index in [4.69, 9.17) is 5.11 Å². The van der Waals surface area contributed by atoms with Crippen molar-refractivity contribution < 1.29 is 14.7 Å². The summed E-state index contributed by atoms with van der Waals surface area (Å²) in [5, 5.41) is 11.7. The maximum Gasteiger partial charge on any atom is 0.329 e. The van der Waals surface area contributed by atoms with Crippen LogP contribution in [0.2, 0.25) is 0 Å². The van der Waals surface area contributed by atoms with Crippen molar-refractivity contribution in [2.24, 2.45) is 5.92 Å². The molecular formula is C11H19NO3S. The number of amides is 1. The van der Waals surface area contributed by atoms with Crippen LogP contribution in [0.4, 0.5) is 0 Å². The van der Waals surface area contributed by atoms with Gasteiger partial charge in [0.1, 0.15) is 5.54 Å². The molecular weight excluding hydrogens is 226 g/mol. The Labute approximate surface area is 100 Å². The molecule has 1 heterocycles. The SMILES string of the molecule is CCC(C)(NC(=O)C1CCSCC1)C(=O)O. The van der Waals surface area contributed by atoms with Gasteiger partial charge in [0.15, 0.2) is 0 Å². The van der Waals surface area contributed by atoms with Crippen LogP contribution in [-0.4, -0.2) is 34.0 Å². The van der Waals surface area contributed by atoms with Crippen LogP contribution in [0, 0.1) is 5.92 Å². The topological polar surface area (TPSA) is 66.4 Å². The zero-order chi connectivity index (χ0) is 12.2. The molecule has 1 amide bonds. The first-order valence-corrected chi connectivity index (χ1v) is 6.78. The maximum atomic E-state index is 11.9. The van der Waals surface area contributed by atoms with E-state index in [-0.39, 0.29) is 11.8 Å². The van der Waals surface area contributed by atoms with Crippen LogP contribution < -0.4 is 5.32 Å². The Morgan fingerprint density at radius 1 is 1.44 bits per heavy atom. The molecule has 0 aromatic heterocycles. The van der Waals surface area contributed by atoms with E-state index in [2.05, 4.69) is 5.32 Å². The minimum absolute atomic E-state index is 0.00789. The zero-order valence-electron chi connectivity index (χ0n) is 9.78. The van der Waals surface area contributed by atoms with E-state index in [9.17, 15) is 9.59 Å². The summed E-state index contributed by atoms with van der Waals surface area (Å²) in [6.07, 6.45) is 2.11. The summed E-state index contributed by atoms with van der Waals surface area (Å²) in [7, 11) is 0. The number of rotatable bonds is 4. The van der Waals surface area contributed by atoms with Crippen LogP contribution in [0.3, 0.4) is 0 Å². The van der Waals surface area contributed by atoms with Crippen molar-refractivity contribution in [2.45, 2.75) is 38.6 Å². The van der Waals surface area contributed by atoms with E-state index in [1.165, 1.54) is 0 Å². The van der Waals surface area contributed by atoms with Crippen LogP contribution in [0.5, 0.6) is 0 Å². The summed E-state index contributed by atoms with van der Waals surface area (Å²) in [6.45, 7) is 3.33. The third kappa shape index (κ3) is 3.14. The number of carboxylic acid groups (broad SMARTS) is 1. The lowest BCUT2D eigenvalue weighted by Crippen LogP contribution is -2.53. The molecule has 0 bridgehead atoms. The summed E-state index contributed by atoms with van der Waals surface area (Å²) < 4.78 is 0. The van der Waals surface area contributed by atoms with Crippen LogP contribution >= 0.6 is 11.8 Å². The van der Waals surface area contributed by atoms with E-state index in [0.29, 0.717) is 6.42 Å². The number of thioether (sulfide) groups is 1. The van der Waals surface area contributed by atoms with Gasteiger partial charge in [0, 0.05) is 5.92 Å². The zero-order valence-corrected chi connectivity index (χ0v) is 10.6. The second kappa shape index (κ2) is 5.57. The number of nitrogens with one attached hydrogen (secondary N) is 1. The van der Waals surface area contributed by atoms with E-state index in [0.717, 1.165) is 24.3 Å². The van der Waals surface area contributed by atoms with Crippen LogP contribution in [0.15, 0.2) is 0 Å². The average Bonchev–Trinajstić information content (AvgIpc) is 2.29. The van der Waals surface area contributed by atoms with Crippen LogP contribution in [0.1, 0.15) is 33.1 Å². The fourth-order valence-electron chi connectivity index (χ4n) is 1.63. The Hall–Kier alpha value is -0.710. The predicted octanol–water partition coefficient (Wildman–Crippen LogP) is 1.50. The van der Waals surface area contributed by atoms with E-state index in [1.54, 1.807) is 13.8 Å². The Balaban J connectivity index is 2.57. The van der Waals surface area contributed by atoms with Gasteiger partial charge in [0.05, 0.1) is 0 Å². The standard InChI is InChI=1S/C11H19NO3S/c1-3-11(2,10(14)15)12-9(13)8-4-6-16-7-5-8/h8H,3-7H2,1-2H3,(H,12,13)(H,14,15).